The van der Waals surface area contributed by atoms with Gasteiger partial charge in [0, 0.05) is 25.7 Å². The van der Waals surface area contributed by atoms with Crippen LogP contribution in [0.15, 0.2) is 58.1 Å². The Morgan fingerprint density at radius 1 is 1.25 bits per heavy atom. The quantitative estimate of drug-likeness (QED) is 0.608. The number of carbonyl (C=O) groups is 1. The number of rotatable bonds is 6. The Morgan fingerprint density at radius 2 is 1.96 bits per heavy atom. The molecule has 0 aromatic heterocycles. The van der Waals surface area contributed by atoms with Crippen molar-refractivity contribution in [3.05, 3.63) is 64.1 Å². The molecule has 2 rings (SSSR count). The summed E-state index contributed by atoms with van der Waals surface area (Å²) in [5.74, 6) is -0.316. The summed E-state index contributed by atoms with van der Waals surface area (Å²) in [4.78, 5) is 14.2. The van der Waals surface area contributed by atoms with Crippen LogP contribution >= 0.6 is 15.9 Å². The van der Waals surface area contributed by atoms with Crippen LogP contribution in [0.5, 0.6) is 0 Å². The highest BCUT2D eigenvalue weighted by molar-refractivity contribution is 9.10. The standard InChI is InChI=1S/C18H20BrN3O2/c1-22(2)16-10-9-13(11-15(16)19)12-20-21-18(23)17(24-3)14-7-5-4-6-8-14/h4-12,17H,1-3H3,(H,21,23)/b20-12+. The normalized spacial score (nSPS) is 12.2. The van der Waals surface area contributed by atoms with Gasteiger partial charge in [0.1, 0.15) is 0 Å². The summed E-state index contributed by atoms with van der Waals surface area (Å²) >= 11 is 3.52. The molecule has 0 radical (unpaired) electrons. The average molecular weight is 390 g/mol. The van der Waals surface area contributed by atoms with E-state index in [1.807, 2.05) is 67.5 Å². The van der Waals surface area contributed by atoms with Crippen molar-refractivity contribution in [2.75, 3.05) is 26.1 Å². The highest BCUT2D eigenvalue weighted by atomic mass is 79.9. The van der Waals surface area contributed by atoms with Crippen LogP contribution in [0.3, 0.4) is 0 Å². The second-order valence-electron chi connectivity index (χ2n) is 5.37. The van der Waals surface area contributed by atoms with Gasteiger partial charge in [-0.05, 0) is 39.2 Å². The number of anilines is 1. The Balaban J connectivity index is 2.03. The number of nitrogens with zero attached hydrogens (tertiary/aromatic N) is 2. The molecule has 2 aromatic carbocycles. The minimum absolute atomic E-state index is 0.316. The molecule has 24 heavy (non-hydrogen) atoms. The molecule has 0 saturated heterocycles. The summed E-state index contributed by atoms with van der Waals surface area (Å²) in [5.41, 5.74) is 5.25. The van der Waals surface area contributed by atoms with Crippen LogP contribution < -0.4 is 10.3 Å². The monoisotopic (exact) mass is 389 g/mol. The molecule has 0 spiro atoms. The predicted octanol–water partition coefficient (Wildman–Crippen LogP) is 3.35. The van der Waals surface area contributed by atoms with Crippen molar-refractivity contribution < 1.29 is 9.53 Å². The fourth-order valence-electron chi connectivity index (χ4n) is 2.22. The van der Waals surface area contributed by atoms with Gasteiger partial charge in [-0.1, -0.05) is 36.4 Å². The molecule has 0 aliphatic carbocycles. The number of halogens is 1. The first-order chi connectivity index (χ1) is 11.5. The summed E-state index contributed by atoms with van der Waals surface area (Å²) in [5, 5.41) is 4.01. The number of benzene rings is 2. The van der Waals surface area contributed by atoms with Crippen molar-refractivity contribution >= 4 is 33.7 Å². The Hall–Kier alpha value is -2.18. The molecule has 1 amide bonds. The van der Waals surface area contributed by atoms with E-state index in [-0.39, 0.29) is 5.91 Å². The lowest BCUT2D eigenvalue weighted by Gasteiger charge is -2.14. The SMILES string of the molecule is COC(C(=O)N/N=C/c1ccc(N(C)C)c(Br)c1)c1ccccc1. The fourth-order valence-corrected chi connectivity index (χ4v) is 2.97. The van der Waals surface area contributed by atoms with Crippen molar-refractivity contribution in [3.8, 4) is 0 Å². The van der Waals surface area contributed by atoms with Gasteiger partial charge in [-0.3, -0.25) is 4.79 Å². The Morgan fingerprint density at radius 3 is 2.54 bits per heavy atom. The lowest BCUT2D eigenvalue weighted by molar-refractivity contribution is -0.131. The zero-order valence-corrected chi connectivity index (χ0v) is 15.4. The van der Waals surface area contributed by atoms with Crippen LogP contribution in [0.1, 0.15) is 17.2 Å². The smallest absolute Gasteiger partial charge is 0.273 e. The molecule has 0 heterocycles. The van der Waals surface area contributed by atoms with E-state index in [1.165, 1.54) is 7.11 Å². The maximum absolute atomic E-state index is 12.2. The van der Waals surface area contributed by atoms with Gasteiger partial charge in [-0.15, -0.1) is 0 Å². The van der Waals surface area contributed by atoms with Crippen molar-refractivity contribution in [2.24, 2.45) is 5.10 Å². The summed E-state index contributed by atoms with van der Waals surface area (Å²) in [6.07, 6.45) is 0.908. The van der Waals surface area contributed by atoms with E-state index >= 15 is 0 Å². The molecule has 1 atom stereocenters. The lowest BCUT2D eigenvalue weighted by Crippen LogP contribution is -2.26. The number of hydrogen-bond donors (Lipinski definition) is 1. The van der Waals surface area contributed by atoms with Gasteiger partial charge in [0.15, 0.2) is 6.10 Å². The van der Waals surface area contributed by atoms with E-state index in [1.54, 1.807) is 6.21 Å². The van der Waals surface area contributed by atoms with Crippen LogP contribution in [0, 0.1) is 0 Å². The van der Waals surface area contributed by atoms with Gasteiger partial charge in [0.2, 0.25) is 0 Å². The van der Waals surface area contributed by atoms with Gasteiger partial charge in [-0.2, -0.15) is 5.10 Å². The van der Waals surface area contributed by atoms with E-state index in [0.29, 0.717) is 0 Å². The third-order valence-corrected chi connectivity index (χ3v) is 4.05. The second-order valence-corrected chi connectivity index (χ2v) is 6.22. The number of hydrazone groups is 1. The van der Waals surface area contributed by atoms with E-state index in [4.69, 9.17) is 4.74 Å². The van der Waals surface area contributed by atoms with E-state index in [2.05, 4.69) is 26.5 Å². The molecule has 5 nitrogen and oxygen atoms in total. The molecule has 0 saturated carbocycles. The van der Waals surface area contributed by atoms with Crippen LogP contribution in [-0.2, 0) is 9.53 Å². The molecule has 0 bridgehead atoms. The largest absolute Gasteiger partial charge is 0.377 e. The van der Waals surface area contributed by atoms with E-state index < -0.39 is 6.10 Å². The van der Waals surface area contributed by atoms with E-state index in [0.717, 1.165) is 21.3 Å². The van der Waals surface area contributed by atoms with Gasteiger partial charge in [-0.25, -0.2) is 5.43 Å². The van der Waals surface area contributed by atoms with E-state index in [9.17, 15) is 4.79 Å². The molecule has 1 N–H and O–H groups in total. The number of hydrogen-bond acceptors (Lipinski definition) is 4. The Labute approximate surface area is 150 Å². The molecule has 6 heteroatoms. The molecular formula is C18H20BrN3O2. The van der Waals surface area contributed by atoms with Gasteiger partial charge in [0.25, 0.3) is 5.91 Å². The number of amides is 1. The molecule has 126 valence electrons. The number of nitrogens with one attached hydrogen (secondary N) is 1. The molecule has 1 unspecified atom stereocenters. The summed E-state index contributed by atoms with van der Waals surface area (Å²) in [7, 11) is 5.45. The first-order valence-corrected chi connectivity index (χ1v) is 8.19. The highest BCUT2D eigenvalue weighted by Crippen LogP contribution is 2.25. The topological polar surface area (TPSA) is 53.9 Å². The van der Waals surface area contributed by atoms with Crippen LogP contribution in [0.25, 0.3) is 0 Å². The summed E-state index contributed by atoms with van der Waals surface area (Å²) < 4.78 is 6.22. The van der Waals surface area contributed by atoms with Gasteiger partial charge >= 0.3 is 0 Å². The Bertz CT molecular complexity index is 717. The van der Waals surface area contributed by atoms with Crippen molar-refractivity contribution in [3.63, 3.8) is 0 Å². The van der Waals surface area contributed by atoms with Crippen molar-refractivity contribution in [1.29, 1.82) is 0 Å². The third-order valence-electron chi connectivity index (χ3n) is 3.42. The third kappa shape index (κ3) is 4.66. The minimum atomic E-state index is -0.689. The molecular weight excluding hydrogens is 370 g/mol. The maximum atomic E-state index is 12.2. The second kappa shape index (κ2) is 8.61. The number of ether oxygens (including phenoxy) is 1. The molecule has 0 fully saturated rings. The molecule has 2 aromatic rings. The first-order valence-electron chi connectivity index (χ1n) is 7.40. The highest BCUT2D eigenvalue weighted by Gasteiger charge is 2.19. The lowest BCUT2D eigenvalue weighted by atomic mass is 10.1. The van der Waals surface area contributed by atoms with Gasteiger partial charge < -0.3 is 9.64 Å². The Kier molecular flexibility index (Phi) is 6.52. The van der Waals surface area contributed by atoms with Crippen molar-refractivity contribution in [1.82, 2.24) is 5.43 Å². The first kappa shape index (κ1) is 18.2. The van der Waals surface area contributed by atoms with Crippen LogP contribution in [0.4, 0.5) is 5.69 Å². The van der Waals surface area contributed by atoms with Crippen LogP contribution in [-0.4, -0.2) is 33.3 Å². The molecule has 0 aliphatic heterocycles. The number of methoxy groups -OCH3 is 1. The maximum Gasteiger partial charge on any atom is 0.273 e. The molecule has 0 aliphatic rings. The predicted molar refractivity (Wildman–Crippen MR) is 100 cm³/mol. The minimum Gasteiger partial charge on any atom is -0.377 e. The summed E-state index contributed by atoms with van der Waals surface area (Å²) in [6.45, 7) is 0. The zero-order chi connectivity index (χ0) is 17.5. The summed E-state index contributed by atoms with van der Waals surface area (Å²) in [6, 6.07) is 15.2. The number of carbonyl (C=O) groups excluding carboxylic acids is 1. The average Bonchev–Trinajstić information content (AvgIpc) is 2.56. The fraction of sp³-hybridized carbons (Fsp3) is 0.222. The van der Waals surface area contributed by atoms with Crippen molar-refractivity contribution in [2.45, 2.75) is 6.10 Å². The van der Waals surface area contributed by atoms with Crippen LogP contribution in [0.2, 0.25) is 0 Å². The van der Waals surface area contributed by atoms with Gasteiger partial charge in [0.05, 0.1) is 11.9 Å². The zero-order valence-electron chi connectivity index (χ0n) is 13.9.